The summed E-state index contributed by atoms with van der Waals surface area (Å²) in [4.78, 5) is 53.2. The molecule has 1 aliphatic heterocycles. The first-order chi connectivity index (χ1) is 20.3. The molecule has 1 aliphatic rings. The number of aliphatic carboxylic acids is 1. The third kappa shape index (κ3) is 6.44. The maximum Gasteiger partial charge on any atom is 0.327 e. The number of carboxylic acid groups (broad SMARTS) is 1. The van der Waals surface area contributed by atoms with Crippen molar-refractivity contribution in [3.05, 3.63) is 126 Å². The van der Waals surface area contributed by atoms with Crippen LogP contribution in [0, 0.1) is 5.82 Å². The summed E-state index contributed by atoms with van der Waals surface area (Å²) in [6.45, 7) is 0. The van der Waals surface area contributed by atoms with E-state index in [9.17, 15) is 28.7 Å². The van der Waals surface area contributed by atoms with Crippen LogP contribution in [-0.2, 0) is 22.4 Å². The van der Waals surface area contributed by atoms with Gasteiger partial charge in [-0.3, -0.25) is 14.5 Å². The average Bonchev–Trinajstić information content (AvgIpc) is 2.98. The van der Waals surface area contributed by atoms with E-state index in [4.69, 9.17) is 0 Å². The molecule has 2 atom stereocenters. The summed E-state index contributed by atoms with van der Waals surface area (Å²) in [5, 5.41) is 17.7. The van der Waals surface area contributed by atoms with Crippen LogP contribution in [0.3, 0.4) is 0 Å². The number of nitrogens with one attached hydrogen (secondary N) is 3. The van der Waals surface area contributed by atoms with Crippen molar-refractivity contribution in [1.29, 1.82) is 0 Å². The number of fused-ring (bicyclic) bond motifs is 1. The normalized spacial score (nSPS) is 14.7. The van der Waals surface area contributed by atoms with Gasteiger partial charge >= 0.3 is 12.0 Å². The Morgan fingerprint density at radius 2 is 1.57 bits per heavy atom. The van der Waals surface area contributed by atoms with E-state index < -0.39 is 41.7 Å². The fourth-order valence-electron chi connectivity index (χ4n) is 4.80. The average molecular weight is 567 g/mol. The highest BCUT2D eigenvalue weighted by atomic mass is 19.1. The third-order valence-corrected chi connectivity index (χ3v) is 6.84. The van der Waals surface area contributed by atoms with Gasteiger partial charge in [0.2, 0.25) is 5.91 Å². The zero-order chi connectivity index (χ0) is 29.6. The van der Waals surface area contributed by atoms with Crippen molar-refractivity contribution in [3.8, 4) is 0 Å². The van der Waals surface area contributed by atoms with E-state index in [1.165, 1.54) is 41.3 Å². The van der Waals surface area contributed by atoms with Gasteiger partial charge in [0.15, 0.2) is 0 Å². The van der Waals surface area contributed by atoms with Gasteiger partial charge in [0, 0.05) is 24.1 Å². The highest BCUT2D eigenvalue weighted by Crippen LogP contribution is 2.35. The Kier molecular flexibility index (Phi) is 8.24. The second-order valence-corrected chi connectivity index (χ2v) is 9.79. The lowest BCUT2D eigenvalue weighted by Crippen LogP contribution is -2.53. The molecule has 9 nitrogen and oxygen atoms in total. The number of benzene rings is 4. The zero-order valence-electron chi connectivity index (χ0n) is 22.3. The molecule has 2 unspecified atom stereocenters. The fraction of sp³-hybridized carbons (Fsp3) is 0.125. The van der Waals surface area contributed by atoms with E-state index in [0.29, 0.717) is 5.69 Å². The Hall–Kier alpha value is -5.51. The second kappa shape index (κ2) is 12.3. The summed E-state index contributed by atoms with van der Waals surface area (Å²) < 4.78 is 13.8. The predicted octanol–water partition coefficient (Wildman–Crippen LogP) is 4.85. The molecular weight excluding hydrogens is 539 g/mol. The summed E-state index contributed by atoms with van der Waals surface area (Å²) in [7, 11) is 0. The van der Waals surface area contributed by atoms with E-state index in [0.717, 1.165) is 17.2 Å². The molecule has 212 valence electrons. The smallest absolute Gasteiger partial charge is 0.327 e. The van der Waals surface area contributed by atoms with Crippen molar-refractivity contribution >= 4 is 40.9 Å². The lowest BCUT2D eigenvalue weighted by Gasteiger charge is -2.36. The molecule has 4 N–H and O–H groups in total. The fourth-order valence-corrected chi connectivity index (χ4v) is 4.80. The minimum Gasteiger partial charge on any atom is -0.480 e. The monoisotopic (exact) mass is 566 g/mol. The molecule has 5 rings (SSSR count). The van der Waals surface area contributed by atoms with Gasteiger partial charge in [-0.15, -0.1) is 0 Å². The zero-order valence-corrected chi connectivity index (χ0v) is 22.3. The molecule has 1 heterocycles. The number of hydrogen-bond donors (Lipinski definition) is 4. The van der Waals surface area contributed by atoms with Gasteiger partial charge in [0.1, 0.15) is 17.9 Å². The second-order valence-electron chi connectivity index (χ2n) is 9.79. The topological polar surface area (TPSA) is 128 Å². The number of anilines is 3. The number of carboxylic acids is 1. The van der Waals surface area contributed by atoms with Crippen LogP contribution in [0.2, 0.25) is 0 Å². The van der Waals surface area contributed by atoms with Crippen LogP contribution >= 0.6 is 0 Å². The van der Waals surface area contributed by atoms with Gasteiger partial charge in [-0.1, -0.05) is 66.7 Å². The molecule has 0 aromatic heterocycles. The number of rotatable bonds is 8. The molecule has 4 amide bonds. The molecule has 0 saturated heterocycles. The highest BCUT2D eigenvalue weighted by Gasteiger charge is 2.37. The standard InChI is InChI=1S/C32H27FN4O5/c33-23-12-7-13-24(19-23)34-32(42)37-27-15-14-22(29(38)36-26(31(40)41)16-20-8-3-1-4-9-20)18-25(27)35-30(39)28(37)17-21-10-5-2-6-11-21/h1-15,18-19,26,28H,16-17H2,(H,34,42)(H,35,39)(H,36,38)(H,40,41). The summed E-state index contributed by atoms with van der Waals surface area (Å²) in [5.41, 5.74) is 2.38. The van der Waals surface area contributed by atoms with Gasteiger partial charge in [-0.25, -0.2) is 14.0 Å². The molecule has 0 radical (unpaired) electrons. The first-order valence-corrected chi connectivity index (χ1v) is 13.2. The maximum atomic E-state index is 13.8. The van der Waals surface area contributed by atoms with Crippen molar-refractivity contribution in [1.82, 2.24) is 5.32 Å². The summed E-state index contributed by atoms with van der Waals surface area (Å²) in [6, 6.07) is 25.0. The molecule has 4 aromatic rings. The summed E-state index contributed by atoms with van der Waals surface area (Å²) >= 11 is 0. The number of urea groups is 1. The summed E-state index contributed by atoms with van der Waals surface area (Å²) in [5.74, 6) is -2.86. The number of amides is 4. The van der Waals surface area contributed by atoms with E-state index >= 15 is 0 Å². The molecule has 4 aromatic carbocycles. The number of hydrogen-bond acceptors (Lipinski definition) is 4. The van der Waals surface area contributed by atoms with Gasteiger partial charge in [0.05, 0.1) is 11.4 Å². The third-order valence-electron chi connectivity index (χ3n) is 6.84. The Morgan fingerprint density at radius 1 is 0.881 bits per heavy atom. The molecule has 0 fully saturated rings. The van der Waals surface area contributed by atoms with E-state index in [1.54, 1.807) is 24.3 Å². The number of carbonyl (C=O) groups is 4. The van der Waals surface area contributed by atoms with Crippen LogP contribution in [-0.4, -0.2) is 41.0 Å². The van der Waals surface area contributed by atoms with Crippen molar-refractivity contribution in [3.63, 3.8) is 0 Å². The predicted molar refractivity (Wildman–Crippen MR) is 156 cm³/mol. The van der Waals surface area contributed by atoms with Crippen molar-refractivity contribution < 1.29 is 28.7 Å². The van der Waals surface area contributed by atoms with Crippen LogP contribution < -0.4 is 20.9 Å². The summed E-state index contributed by atoms with van der Waals surface area (Å²) in [6.07, 6.45) is 0.281. The van der Waals surface area contributed by atoms with Crippen LogP contribution in [0.5, 0.6) is 0 Å². The van der Waals surface area contributed by atoms with Crippen molar-refractivity contribution in [2.45, 2.75) is 24.9 Å². The van der Waals surface area contributed by atoms with E-state index in [2.05, 4.69) is 16.0 Å². The van der Waals surface area contributed by atoms with Gasteiger partial charge < -0.3 is 21.1 Å². The van der Waals surface area contributed by atoms with Crippen LogP contribution in [0.4, 0.5) is 26.2 Å². The largest absolute Gasteiger partial charge is 0.480 e. The molecule has 0 saturated carbocycles. The molecule has 0 aliphatic carbocycles. The van der Waals surface area contributed by atoms with E-state index in [1.807, 2.05) is 36.4 Å². The Labute approximate surface area is 241 Å². The molecular formula is C32H27FN4O5. The number of carbonyl (C=O) groups excluding carboxylic acids is 3. The Bertz CT molecular complexity index is 1630. The first-order valence-electron chi connectivity index (χ1n) is 13.2. The van der Waals surface area contributed by atoms with Gasteiger partial charge in [0.25, 0.3) is 5.91 Å². The molecule has 42 heavy (non-hydrogen) atoms. The molecule has 0 spiro atoms. The molecule has 0 bridgehead atoms. The lowest BCUT2D eigenvalue weighted by atomic mass is 9.99. The SMILES string of the molecule is O=C(NC(Cc1ccccc1)C(=O)O)c1ccc2c(c1)NC(=O)C(Cc1ccccc1)N2C(=O)Nc1cccc(F)c1. The van der Waals surface area contributed by atoms with Gasteiger partial charge in [-0.2, -0.15) is 0 Å². The Morgan fingerprint density at radius 3 is 2.24 bits per heavy atom. The highest BCUT2D eigenvalue weighted by molar-refractivity contribution is 6.15. The quantitative estimate of drug-likeness (QED) is 0.242. The lowest BCUT2D eigenvalue weighted by molar-refractivity contribution is -0.139. The minimum absolute atomic E-state index is 0.0821. The Balaban J connectivity index is 1.43. The number of nitrogens with zero attached hydrogens (tertiary/aromatic N) is 1. The number of halogens is 1. The van der Waals surface area contributed by atoms with E-state index in [-0.39, 0.29) is 29.8 Å². The van der Waals surface area contributed by atoms with Gasteiger partial charge in [-0.05, 0) is 47.5 Å². The minimum atomic E-state index is -1.19. The van der Waals surface area contributed by atoms with Crippen LogP contribution in [0.15, 0.2) is 103 Å². The van der Waals surface area contributed by atoms with Crippen LogP contribution in [0.25, 0.3) is 0 Å². The first kappa shape index (κ1) is 28.0. The molecule has 10 heteroatoms. The van der Waals surface area contributed by atoms with Crippen molar-refractivity contribution in [2.75, 3.05) is 15.5 Å². The maximum absolute atomic E-state index is 13.8. The van der Waals surface area contributed by atoms with Crippen molar-refractivity contribution in [2.24, 2.45) is 0 Å². The van der Waals surface area contributed by atoms with Crippen LogP contribution in [0.1, 0.15) is 21.5 Å².